The number of benzene rings is 2. The van der Waals surface area contributed by atoms with Crippen LogP contribution in [0.25, 0.3) is 0 Å². The van der Waals surface area contributed by atoms with Gasteiger partial charge in [0.15, 0.2) is 0 Å². The minimum absolute atomic E-state index is 0.0116. The number of carbonyl (C=O) groups excluding carboxylic acids is 1. The number of nitrogens with one attached hydrogen (secondary N) is 2. The summed E-state index contributed by atoms with van der Waals surface area (Å²) in [7, 11) is -3.63. The van der Waals surface area contributed by atoms with Gasteiger partial charge in [-0.2, -0.15) is 0 Å². The van der Waals surface area contributed by atoms with Crippen LogP contribution < -0.4 is 14.8 Å². The molecule has 0 fully saturated rings. The fourth-order valence-corrected chi connectivity index (χ4v) is 3.80. The molecule has 2 N–H and O–H groups in total. The number of nitrogens with zero attached hydrogens (tertiary/aromatic N) is 1. The minimum Gasteiger partial charge on any atom is -0.439 e. The average Bonchev–Trinajstić information content (AvgIpc) is 2.70. The third kappa shape index (κ3) is 6.38. The molecule has 3 rings (SSSR count). The molecule has 150 valence electrons. The summed E-state index contributed by atoms with van der Waals surface area (Å²) in [6, 6.07) is 18.6. The van der Waals surface area contributed by atoms with Crippen molar-refractivity contribution < 1.29 is 17.9 Å². The molecule has 2 aromatic carbocycles. The van der Waals surface area contributed by atoms with E-state index in [0.717, 1.165) is 4.47 Å². The second kappa shape index (κ2) is 9.64. The number of anilines is 1. The molecule has 1 heterocycles. The van der Waals surface area contributed by atoms with E-state index >= 15 is 0 Å². The van der Waals surface area contributed by atoms with E-state index in [9.17, 15) is 13.2 Å². The lowest BCUT2D eigenvalue weighted by Crippen LogP contribution is -2.27. The predicted octanol–water partition coefficient (Wildman–Crippen LogP) is 3.94. The van der Waals surface area contributed by atoms with Crippen molar-refractivity contribution in [2.45, 2.75) is 11.3 Å². The second-order valence-corrected chi connectivity index (χ2v) is 8.64. The molecular weight excluding hydrogens is 458 g/mol. The summed E-state index contributed by atoms with van der Waals surface area (Å²) in [6.45, 7) is -0.0133. The molecule has 0 aliphatic carbocycles. The van der Waals surface area contributed by atoms with Crippen molar-refractivity contribution in [2.24, 2.45) is 0 Å². The van der Waals surface area contributed by atoms with E-state index in [1.165, 1.54) is 18.3 Å². The van der Waals surface area contributed by atoms with Gasteiger partial charge < -0.3 is 10.1 Å². The van der Waals surface area contributed by atoms with Crippen molar-refractivity contribution >= 4 is 37.5 Å². The molecule has 1 amide bonds. The van der Waals surface area contributed by atoms with Gasteiger partial charge in [0.25, 0.3) is 0 Å². The highest BCUT2D eigenvalue weighted by Crippen LogP contribution is 2.23. The normalized spacial score (nSPS) is 11.1. The summed E-state index contributed by atoms with van der Waals surface area (Å²) in [6.07, 6.45) is 1.46. The first-order valence-electron chi connectivity index (χ1n) is 8.66. The fraction of sp³-hybridized carbons (Fsp3) is 0.100. The number of aromatic nitrogens is 1. The van der Waals surface area contributed by atoms with E-state index in [2.05, 4.69) is 31.0 Å². The van der Waals surface area contributed by atoms with E-state index in [1.54, 1.807) is 36.4 Å². The van der Waals surface area contributed by atoms with Crippen LogP contribution in [0.2, 0.25) is 0 Å². The Morgan fingerprint density at radius 2 is 1.83 bits per heavy atom. The van der Waals surface area contributed by atoms with Crippen LogP contribution in [0, 0.1) is 0 Å². The van der Waals surface area contributed by atoms with Crippen LogP contribution in [0.5, 0.6) is 11.6 Å². The molecule has 0 saturated heterocycles. The summed E-state index contributed by atoms with van der Waals surface area (Å²) < 4.78 is 33.2. The standard InChI is InChI=1S/C20H18BrN3O4S/c21-15-5-4-6-17(13-15)28-20-10-9-16(14-22-20)24-19(25)11-12-23-29(26,27)18-7-2-1-3-8-18/h1-10,13-14,23H,11-12H2,(H,24,25). The van der Waals surface area contributed by atoms with Gasteiger partial charge in [0.1, 0.15) is 5.75 Å². The Kier molecular flexibility index (Phi) is 6.97. The van der Waals surface area contributed by atoms with Crippen molar-refractivity contribution in [1.29, 1.82) is 0 Å². The molecule has 0 aliphatic heterocycles. The van der Waals surface area contributed by atoms with Crippen LogP contribution in [0.4, 0.5) is 5.69 Å². The Morgan fingerprint density at radius 3 is 2.52 bits per heavy atom. The highest BCUT2D eigenvalue weighted by atomic mass is 79.9. The Bertz CT molecular complexity index is 1070. The lowest BCUT2D eigenvalue weighted by molar-refractivity contribution is -0.116. The molecule has 0 radical (unpaired) electrons. The van der Waals surface area contributed by atoms with Crippen molar-refractivity contribution in [3.05, 3.63) is 77.4 Å². The topological polar surface area (TPSA) is 97.4 Å². The Labute approximate surface area is 177 Å². The van der Waals surface area contributed by atoms with E-state index in [4.69, 9.17) is 4.74 Å². The number of amides is 1. The number of hydrogen-bond acceptors (Lipinski definition) is 5. The van der Waals surface area contributed by atoms with Gasteiger partial charge in [-0.25, -0.2) is 18.1 Å². The fourth-order valence-electron chi connectivity index (χ4n) is 2.37. The van der Waals surface area contributed by atoms with Gasteiger partial charge in [0, 0.05) is 23.5 Å². The van der Waals surface area contributed by atoms with Crippen molar-refractivity contribution in [1.82, 2.24) is 9.71 Å². The summed E-state index contributed by atoms with van der Waals surface area (Å²) in [4.78, 5) is 16.3. The number of carbonyl (C=O) groups is 1. The van der Waals surface area contributed by atoms with Gasteiger partial charge in [-0.05, 0) is 36.4 Å². The molecule has 0 bridgehead atoms. The Balaban J connectivity index is 1.48. The van der Waals surface area contributed by atoms with E-state index in [1.807, 2.05) is 18.2 Å². The molecule has 29 heavy (non-hydrogen) atoms. The number of sulfonamides is 1. The van der Waals surface area contributed by atoms with Crippen molar-refractivity contribution in [3.63, 3.8) is 0 Å². The average molecular weight is 476 g/mol. The van der Waals surface area contributed by atoms with Crippen molar-refractivity contribution in [2.75, 3.05) is 11.9 Å². The number of halogens is 1. The Morgan fingerprint density at radius 1 is 1.03 bits per heavy atom. The molecule has 0 aliphatic rings. The maximum Gasteiger partial charge on any atom is 0.240 e. The van der Waals surface area contributed by atoms with Gasteiger partial charge in [-0.15, -0.1) is 0 Å². The van der Waals surface area contributed by atoms with Crippen LogP contribution in [0.1, 0.15) is 6.42 Å². The zero-order chi connectivity index (χ0) is 20.7. The molecular formula is C20H18BrN3O4S. The lowest BCUT2D eigenvalue weighted by atomic mass is 10.3. The number of hydrogen-bond donors (Lipinski definition) is 2. The molecule has 3 aromatic rings. The monoisotopic (exact) mass is 475 g/mol. The highest BCUT2D eigenvalue weighted by Gasteiger charge is 2.13. The zero-order valence-electron chi connectivity index (χ0n) is 15.2. The summed E-state index contributed by atoms with van der Waals surface area (Å²) in [5, 5.41) is 2.67. The first-order chi connectivity index (χ1) is 13.9. The van der Waals surface area contributed by atoms with Crippen LogP contribution in [0.15, 0.2) is 82.3 Å². The van der Waals surface area contributed by atoms with Gasteiger partial charge in [0.05, 0.1) is 16.8 Å². The smallest absolute Gasteiger partial charge is 0.240 e. The lowest BCUT2D eigenvalue weighted by Gasteiger charge is -2.08. The molecule has 0 saturated carbocycles. The third-order valence-corrected chi connectivity index (χ3v) is 5.71. The molecule has 1 aromatic heterocycles. The van der Waals surface area contributed by atoms with E-state index in [-0.39, 0.29) is 23.8 Å². The van der Waals surface area contributed by atoms with Gasteiger partial charge >= 0.3 is 0 Å². The van der Waals surface area contributed by atoms with Crippen molar-refractivity contribution in [3.8, 4) is 11.6 Å². The summed E-state index contributed by atoms with van der Waals surface area (Å²) in [5.74, 6) is 0.689. The van der Waals surface area contributed by atoms with Crippen LogP contribution in [-0.4, -0.2) is 25.9 Å². The first-order valence-corrected chi connectivity index (χ1v) is 10.9. The molecule has 7 nitrogen and oxygen atoms in total. The van der Waals surface area contributed by atoms with Gasteiger partial charge in [0.2, 0.25) is 21.8 Å². The zero-order valence-corrected chi connectivity index (χ0v) is 17.6. The molecule has 9 heteroatoms. The number of pyridine rings is 1. The van der Waals surface area contributed by atoms with E-state index in [0.29, 0.717) is 17.3 Å². The maximum atomic E-state index is 12.1. The number of ether oxygens (including phenoxy) is 1. The molecule has 0 atom stereocenters. The van der Waals surface area contributed by atoms with Gasteiger partial charge in [-0.1, -0.05) is 40.2 Å². The molecule has 0 spiro atoms. The quantitative estimate of drug-likeness (QED) is 0.513. The Hall–Kier alpha value is -2.75. The third-order valence-electron chi connectivity index (χ3n) is 3.74. The minimum atomic E-state index is -3.63. The van der Waals surface area contributed by atoms with Crippen LogP contribution in [-0.2, 0) is 14.8 Å². The summed E-state index contributed by atoms with van der Waals surface area (Å²) in [5.41, 5.74) is 0.488. The van der Waals surface area contributed by atoms with Gasteiger partial charge in [-0.3, -0.25) is 4.79 Å². The van der Waals surface area contributed by atoms with E-state index < -0.39 is 10.0 Å². The van der Waals surface area contributed by atoms with Crippen LogP contribution in [0.3, 0.4) is 0 Å². The summed E-state index contributed by atoms with van der Waals surface area (Å²) >= 11 is 3.37. The first kappa shape index (κ1) is 21.0. The second-order valence-electron chi connectivity index (χ2n) is 5.95. The highest BCUT2D eigenvalue weighted by molar-refractivity contribution is 9.10. The predicted molar refractivity (Wildman–Crippen MR) is 113 cm³/mol. The largest absolute Gasteiger partial charge is 0.439 e. The SMILES string of the molecule is O=C(CCNS(=O)(=O)c1ccccc1)Nc1ccc(Oc2cccc(Br)c2)nc1. The molecule has 0 unspecified atom stereocenters. The van der Waals surface area contributed by atoms with Crippen LogP contribution >= 0.6 is 15.9 Å². The maximum absolute atomic E-state index is 12.1. The number of rotatable bonds is 8.